The van der Waals surface area contributed by atoms with Crippen LogP contribution in [0.15, 0.2) is 24.3 Å². The van der Waals surface area contributed by atoms with Crippen molar-refractivity contribution in [2.45, 2.75) is 129 Å². The summed E-state index contributed by atoms with van der Waals surface area (Å²) in [5, 5.41) is 0. The topological polar surface area (TPSA) is 52.6 Å². The summed E-state index contributed by atoms with van der Waals surface area (Å²) in [5.74, 6) is 0.247. The molecule has 1 rings (SSSR count). The fraction of sp³-hybridized carbons (Fsp3) is 0.724. The fourth-order valence-corrected chi connectivity index (χ4v) is 3.99. The number of carbonyl (C=O) groups excluding carboxylic acids is 2. The van der Waals surface area contributed by atoms with Gasteiger partial charge in [-0.1, -0.05) is 109 Å². The minimum atomic E-state index is -0.240. The molecule has 0 unspecified atom stereocenters. The molecule has 0 fully saturated rings. The number of aryl methyl sites for hydroxylation is 1. The van der Waals surface area contributed by atoms with Crippen molar-refractivity contribution in [3.8, 4) is 5.75 Å². The van der Waals surface area contributed by atoms with Crippen molar-refractivity contribution >= 4 is 11.9 Å². The predicted molar refractivity (Wildman–Crippen MR) is 137 cm³/mol. The van der Waals surface area contributed by atoms with Gasteiger partial charge >= 0.3 is 11.9 Å². The Morgan fingerprint density at radius 3 is 1.73 bits per heavy atom. The summed E-state index contributed by atoms with van der Waals surface area (Å²) in [6.45, 7) is 4.82. The molecule has 0 radical (unpaired) electrons. The summed E-state index contributed by atoms with van der Waals surface area (Å²) in [6, 6.07) is 7.61. The number of carbonyl (C=O) groups is 2. The first-order chi connectivity index (χ1) is 16.2. The first-order valence-electron chi connectivity index (χ1n) is 13.6. The lowest BCUT2D eigenvalue weighted by Gasteiger charge is -2.08. The van der Waals surface area contributed by atoms with E-state index in [1.54, 1.807) is 0 Å². The molecule has 188 valence electrons. The van der Waals surface area contributed by atoms with Gasteiger partial charge in [0.25, 0.3) is 0 Å². The summed E-state index contributed by atoms with van der Waals surface area (Å²) in [5.41, 5.74) is 1.03. The van der Waals surface area contributed by atoms with Crippen LogP contribution >= 0.6 is 0 Å². The van der Waals surface area contributed by atoms with Crippen LogP contribution in [-0.4, -0.2) is 18.5 Å². The maximum absolute atomic E-state index is 12.0. The Balaban J connectivity index is 1.88. The molecule has 4 heteroatoms. The lowest BCUT2D eigenvalue weighted by molar-refractivity contribution is -0.144. The molecular weight excluding hydrogens is 412 g/mol. The normalized spacial score (nSPS) is 10.8. The second kappa shape index (κ2) is 20.7. The minimum absolute atomic E-state index is 0.154. The summed E-state index contributed by atoms with van der Waals surface area (Å²) in [7, 11) is 0. The van der Waals surface area contributed by atoms with Crippen molar-refractivity contribution < 1.29 is 19.1 Å². The van der Waals surface area contributed by atoms with Crippen molar-refractivity contribution in [1.82, 2.24) is 0 Å². The zero-order chi connectivity index (χ0) is 24.0. The van der Waals surface area contributed by atoms with Crippen LogP contribution in [0.1, 0.15) is 129 Å². The molecule has 0 amide bonds. The Kier molecular flexibility index (Phi) is 18.4. The molecule has 0 saturated carbocycles. The van der Waals surface area contributed by atoms with E-state index >= 15 is 0 Å². The zero-order valence-corrected chi connectivity index (χ0v) is 21.4. The maximum atomic E-state index is 12.0. The van der Waals surface area contributed by atoms with Crippen LogP contribution in [0, 0.1) is 0 Å². The molecule has 0 N–H and O–H groups in total. The van der Waals surface area contributed by atoms with Gasteiger partial charge in [-0.25, -0.2) is 0 Å². The van der Waals surface area contributed by atoms with E-state index < -0.39 is 0 Å². The molecule has 0 aliphatic rings. The molecule has 1 aromatic rings. The zero-order valence-electron chi connectivity index (χ0n) is 21.4. The molecule has 0 bridgehead atoms. The Morgan fingerprint density at radius 2 is 1.15 bits per heavy atom. The van der Waals surface area contributed by atoms with Crippen LogP contribution in [0.4, 0.5) is 0 Å². The summed E-state index contributed by atoms with van der Waals surface area (Å²) in [4.78, 5) is 23.8. The quantitative estimate of drug-likeness (QED) is 0.105. The standard InChI is InChI=1S/C29H48O4/c1-3-5-6-7-8-9-10-11-12-13-14-15-20-25-32-28(30)23-18-19-24-29(31)33-27-22-17-16-21-26(27)4-2/h16-17,21-22H,3-15,18-20,23-25H2,1-2H3. The van der Waals surface area contributed by atoms with Crippen LogP contribution in [-0.2, 0) is 20.7 Å². The van der Waals surface area contributed by atoms with Gasteiger partial charge in [-0.05, 0) is 37.3 Å². The van der Waals surface area contributed by atoms with Crippen molar-refractivity contribution in [1.29, 1.82) is 0 Å². The summed E-state index contributed by atoms with van der Waals surface area (Å²) in [6.07, 6.45) is 19.8. The molecule has 0 aliphatic carbocycles. The maximum Gasteiger partial charge on any atom is 0.311 e. The van der Waals surface area contributed by atoms with E-state index in [2.05, 4.69) is 6.92 Å². The van der Waals surface area contributed by atoms with Gasteiger partial charge in [-0.3, -0.25) is 9.59 Å². The molecule has 0 saturated heterocycles. The fourth-order valence-electron chi connectivity index (χ4n) is 3.99. The minimum Gasteiger partial charge on any atom is -0.466 e. The van der Waals surface area contributed by atoms with Crippen LogP contribution < -0.4 is 4.74 Å². The molecule has 0 aliphatic heterocycles. The highest BCUT2D eigenvalue weighted by molar-refractivity contribution is 5.73. The second-order valence-electron chi connectivity index (χ2n) is 9.11. The summed E-state index contributed by atoms with van der Waals surface area (Å²) >= 11 is 0. The molecule has 0 aromatic heterocycles. The number of ether oxygens (including phenoxy) is 2. The third-order valence-corrected chi connectivity index (χ3v) is 6.10. The van der Waals surface area contributed by atoms with Gasteiger partial charge in [0.2, 0.25) is 0 Å². The van der Waals surface area contributed by atoms with Crippen molar-refractivity contribution in [3.05, 3.63) is 29.8 Å². The molecular formula is C29H48O4. The van der Waals surface area contributed by atoms with E-state index in [1.165, 1.54) is 70.6 Å². The lowest BCUT2D eigenvalue weighted by Crippen LogP contribution is -2.10. The number of unbranched alkanes of at least 4 members (excludes halogenated alkanes) is 13. The van der Waals surface area contributed by atoms with E-state index in [1.807, 2.05) is 31.2 Å². The summed E-state index contributed by atoms with van der Waals surface area (Å²) < 4.78 is 10.8. The van der Waals surface area contributed by atoms with Gasteiger partial charge in [-0.2, -0.15) is 0 Å². The average Bonchev–Trinajstić information content (AvgIpc) is 2.82. The van der Waals surface area contributed by atoms with E-state index in [-0.39, 0.29) is 11.9 Å². The molecule has 0 heterocycles. The lowest BCUT2D eigenvalue weighted by atomic mass is 10.0. The Hall–Kier alpha value is -1.84. The predicted octanol–water partition coefficient (Wildman–Crippen LogP) is 8.35. The third-order valence-electron chi connectivity index (χ3n) is 6.10. The van der Waals surface area contributed by atoms with Gasteiger partial charge in [0.1, 0.15) is 5.75 Å². The van der Waals surface area contributed by atoms with E-state index in [9.17, 15) is 9.59 Å². The number of benzene rings is 1. The number of hydrogen-bond acceptors (Lipinski definition) is 4. The Bertz CT molecular complexity index is 626. The number of para-hydroxylation sites is 1. The number of rotatable bonds is 21. The van der Waals surface area contributed by atoms with Gasteiger partial charge < -0.3 is 9.47 Å². The number of hydrogen-bond donors (Lipinski definition) is 0. The van der Waals surface area contributed by atoms with Crippen molar-refractivity contribution in [2.24, 2.45) is 0 Å². The van der Waals surface area contributed by atoms with Gasteiger partial charge in [0.15, 0.2) is 0 Å². The van der Waals surface area contributed by atoms with Gasteiger partial charge in [0, 0.05) is 12.8 Å². The van der Waals surface area contributed by atoms with E-state index in [0.717, 1.165) is 24.8 Å². The SMILES string of the molecule is CCCCCCCCCCCCCCCOC(=O)CCCCC(=O)Oc1ccccc1CC. The van der Waals surface area contributed by atoms with Crippen LogP contribution in [0.2, 0.25) is 0 Å². The van der Waals surface area contributed by atoms with E-state index in [0.29, 0.717) is 38.0 Å². The average molecular weight is 461 g/mol. The van der Waals surface area contributed by atoms with Crippen LogP contribution in [0.25, 0.3) is 0 Å². The molecule has 1 aromatic carbocycles. The molecule has 0 atom stereocenters. The second-order valence-corrected chi connectivity index (χ2v) is 9.11. The molecule has 0 spiro atoms. The van der Waals surface area contributed by atoms with E-state index in [4.69, 9.17) is 9.47 Å². The van der Waals surface area contributed by atoms with Gasteiger partial charge in [-0.15, -0.1) is 0 Å². The molecule has 4 nitrogen and oxygen atoms in total. The molecule has 33 heavy (non-hydrogen) atoms. The van der Waals surface area contributed by atoms with Gasteiger partial charge in [0.05, 0.1) is 6.61 Å². The third kappa shape index (κ3) is 16.4. The Labute approximate surface area is 202 Å². The highest BCUT2D eigenvalue weighted by Crippen LogP contribution is 2.19. The highest BCUT2D eigenvalue weighted by Gasteiger charge is 2.09. The largest absolute Gasteiger partial charge is 0.466 e. The smallest absolute Gasteiger partial charge is 0.311 e. The van der Waals surface area contributed by atoms with Crippen LogP contribution in [0.5, 0.6) is 5.75 Å². The first kappa shape index (κ1) is 29.2. The van der Waals surface area contributed by atoms with Crippen molar-refractivity contribution in [2.75, 3.05) is 6.61 Å². The highest BCUT2D eigenvalue weighted by atomic mass is 16.5. The van der Waals surface area contributed by atoms with Crippen LogP contribution in [0.3, 0.4) is 0 Å². The Morgan fingerprint density at radius 1 is 0.636 bits per heavy atom. The van der Waals surface area contributed by atoms with Crippen molar-refractivity contribution in [3.63, 3.8) is 0 Å². The first-order valence-corrected chi connectivity index (χ1v) is 13.6. The number of esters is 2. The monoisotopic (exact) mass is 460 g/mol.